The molecule has 2 rings (SSSR count). The molecule has 0 aliphatic carbocycles. The number of hydrogen-bond acceptors (Lipinski definition) is 3. The zero-order valence-corrected chi connectivity index (χ0v) is 17.1. The monoisotopic (exact) mass is 349 g/mol. The topological polar surface area (TPSA) is 48.5 Å². The van der Waals surface area contributed by atoms with Crippen LogP contribution in [0, 0.1) is 0 Å². The first-order valence-corrected chi connectivity index (χ1v) is 12.5. The second kappa shape index (κ2) is 7.23. The summed E-state index contributed by atoms with van der Waals surface area (Å²) in [7, 11) is -1.10. The van der Waals surface area contributed by atoms with Gasteiger partial charge in [0.15, 0.2) is 0 Å². The van der Waals surface area contributed by atoms with Gasteiger partial charge in [-0.3, -0.25) is 4.79 Å². The van der Waals surface area contributed by atoms with Gasteiger partial charge in [-0.05, 0) is 17.9 Å². The molecule has 2 heterocycles. The summed E-state index contributed by atoms with van der Waals surface area (Å²) >= 11 is 0. The van der Waals surface area contributed by atoms with Crippen LogP contribution in [0.4, 0.5) is 0 Å². The Morgan fingerprint density at radius 1 is 1.17 bits per heavy atom. The molecule has 0 saturated carbocycles. The lowest BCUT2D eigenvalue weighted by atomic mass is 10.1. The maximum absolute atomic E-state index is 12.7. The molecule has 6 heteroatoms. The van der Waals surface area contributed by atoms with Crippen LogP contribution in [0.15, 0.2) is 17.1 Å². The standard InChI is InChI=1S/C18H31N3O2Si/c1-13(2)15-11-20(12-23-8-9-24(5,6)7)17-10-16(14(3)4)19-21(17)18(15)22/h10-11,13-14H,8-9,12H2,1-7H3. The molecule has 2 aromatic heterocycles. The first-order chi connectivity index (χ1) is 11.1. The fourth-order valence-electron chi connectivity index (χ4n) is 2.48. The Kier molecular flexibility index (Phi) is 5.70. The maximum atomic E-state index is 12.7. The average molecular weight is 350 g/mol. The van der Waals surface area contributed by atoms with Gasteiger partial charge in [0.1, 0.15) is 12.4 Å². The Morgan fingerprint density at radius 3 is 2.38 bits per heavy atom. The number of hydrogen-bond donors (Lipinski definition) is 0. The molecule has 24 heavy (non-hydrogen) atoms. The van der Waals surface area contributed by atoms with Gasteiger partial charge in [-0.1, -0.05) is 47.3 Å². The normalized spacial score (nSPS) is 12.7. The van der Waals surface area contributed by atoms with E-state index in [0.29, 0.717) is 6.73 Å². The predicted molar refractivity (Wildman–Crippen MR) is 102 cm³/mol. The second-order valence-electron chi connectivity index (χ2n) is 8.36. The first-order valence-electron chi connectivity index (χ1n) is 8.81. The molecule has 2 aromatic rings. The number of ether oxygens (including phenoxy) is 1. The molecule has 0 radical (unpaired) electrons. The third-order valence-electron chi connectivity index (χ3n) is 4.18. The van der Waals surface area contributed by atoms with Crippen molar-refractivity contribution in [2.24, 2.45) is 0 Å². The third-order valence-corrected chi connectivity index (χ3v) is 5.88. The number of fused-ring (bicyclic) bond motifs is 1. The van der Waals surface area contributed by atoms with Crippen LogP contribution >= 0.6 is 0 Å². The van der Waals surface area contributed by atoms with E-state index in [2.05, 4.69) is 38.6 Å². The van der Waals surface area contributed by atoms with Crippen molar-refractivity contribution < 1.29 is 4.74 Å². The molecule has 0 bridgehead atoms. The van der Waals surface area contributed by atoms with Gasteiger partial charge >= 0.3 is 0 Å². The molecule has 0 aliphatic heterocycles. The van der Waals surface area contributed by atoms with E-state index in [0.717, 1.165) is 29.6 Å². The summed E-state index contributed by atoms with van der Waals surface area (Å²) in [6.45, 7) is 16.5. The molecule has 0 aromatic carbocycles. The number of rotatable bonds is 7. The van der Waals surface area contributed by atoms with Crippen LogP contribution in [-0.4, -0.2) is 28.9 Å². The Balaban J connectivity index is 2.36. The van der Waals surface area contributed by atoms with Gasteiger partial charge in [0.2, 0.25) is 0 Å². The van der Waals surface area contributed by atoms with Crippen molar-refractivity contribution >= 4 is 13.7 Å². The van der Waals surface area contributed by atoms with Gasteiger partial charge in [-0.15, -0.1) is 0 Å². The summed E-state index contributed by atoms with van der Waals surface area (Å²) in [6.07, 6.45) is 1.93. The van der Waals surface area contributed by atoms with E-state index in [1.54, 1.807) is 0 Å². The lowest BCUT2D eigenvalue weighted by Gasteiger charge is -2.17. The fraction of sp³-hybridized carbons (Fsp3) is 0.667. The average Bonchev–Trinajstić information content (AvgIpc) is 2.90. The molecular weight excluding hydrogens is 318 g/mol. The minimum absolute atomic E-state index is 0.0229. The molecule has 0 spiro atoms. The van der Waals surface area contributed by atoms with Crippen molar-refractivity contribution in [2.75, 3.05) is 6.61 Å². The first kappa shape index (κ1) is 18.9. The van der Waals surface area contributed by atoms with E-state index >= 15 is 0 Å². The molecule has 0 fully saturated rings. The van der Waals surface area contributed by atoms with Gasteiger partial charge in [0.05, 0.1) is 5.69 Å². The Bertz CT molecular complexity index is 754. The van der Waals surface area contributed by atoms with Gasteiger partial charge in [-0.25, -0.2) is 0 Å². The number of nitrogens with zero attached hydrogens (tertiary/aromatic N) is 3. The Morgan fingerprint density at radius 2 is 1.83 bits per heavy atom. The second-order valence-corrected chi connectivity index (χ2v) is 14.0. The van der Waals surface area contributed by atoms with E-state index < -0.39 is 8.07 Å². The van der Waals surface area contributed by atoms with E-state index in [-0.39, 0.29) is 17.4 Å². The highest BCUT2D eigenvalue weighted by Crippen LogP contribution is 2.17. The van der Waals surface area contributed by atoms with E-state index in [9.17, 15) is 4.79 Å². The summed E-state index contributed by atoms with van der Waals surface area (Å²) in [5, 5.41) is 4.52. The summed E-state index contributed by atoms with van der Waals surface area (Å²) in [6, 6.07) is 3.13. The summed E-state index contributed by atoms with van der Waals surface area (Å²) in [5.41, 5.74) is 2.49. The largest absolute Gasteiger partial charge is 0.361 e. The lowest BCUT2D eigenvalue weighted by molar-refractivity contribution is 0.0887. The Hall–Kier alpha value is -1.40. The molecule has 0 N–H and O–H groups in total. The van der Waals surface area contributed by atoms with Crippen molar-refractivity contribution in [1.82, 2.24) is 14.2 Å². The molecule has 5 nitrogen and oxygen atoms in total. The van der Waals surface area contributed by atoms with Crippen LogP contribution in [0.2, 0.25) is 25.7 Å². The van der Waals surface area contributed by atoms with E-state index in [1.807, 2.05) is 30.7 Å². The van der Waals surface area contributed by atoms with Gasteiger partial charge in [0.25, 0.3) is 5.56 Å². The highest BCUT2D eigenvalue weighted by Gasteiger charge is 2.16. The van der Waals surface area contributed by atoms with Crippen LogP contribution < -0.4 is 5.56 Å². The van der Waals surface area contributed by atoms with Crippen LogP contribution in [-0.2, 0) is 11.5 Å². The summed E-state index contributed by atoms with van der Waals surface area (Å²) < 4.78 is 9.45. The summed E-state index contributed by atoms with van der Waals surface area (Å²) in [4.78, 5) is 12.7. The minimum Gasteiger partial charge on any atom is -0.361 e. The Labute approximate surface area is 145 Å². The smallest absolute Gasteiger partial charge is 0.277 e. The zero-order chi connectivity index (χ0) is 18.1. The van der Waals surface area contributed by atoms with Gasteiger partial charge < -0.3 is 9.30 Å². The molecular formula is C18H31N3O2Si. The third kappa shape index (κ3) is 4.36. The highest BCUT2D eigenvalue weighted by atomic mass is 28.3. The molecule has 134 valence electrons. The number of aromatic nitrogens is 3. The van der Waals surface area contributed by atoms with Crippen LogP contribution in [0.5, 0.6) is 0 Å². The van der Waals surface area contributed by atoms with Crippen LogP contribution in [0.1, 0.15) is 50.8 Å². The van der Waals surface area contributed by atoms with Crippen LogP contribution in [0.3, 0.4) is 0 Å². The molecule has 0 atom stereocenters. The fourth-order valence-corrected chi connectivity index (χ4v) is 3.23. The molecule has 0 unspecified atom stereocenters. The van der Waals surface area contributed by atoms with Crippen molar-refractivity contribution in [3.63, 3.8) is 0 Å². The van der Waals surface area contributed by atoms with E-state index in [1.165, 1.54) is 4.52 Å². The lowest BCUT2D eigenvalue weighted by Crippen LogP contribution is -2.25. The van der Waals surface area contributed by atoms with Crippen molar-refractivity contribution in [2.45, 2.75) is 71.9 Å². The van der Waals surface area contributed by atoms with Crippen LogP contribution in [0.25, 0.3) is 5.65 Å². The maximum Gasteiger partial charge on any atom is 0.277 e. The quantitative estimate of drug-likeness (QED) is 0.559. The van der Waals surface area contributed by atoms with Gasteiger partial charge in [0, 0.05) is 32.5 Å². The molecule has 0 amide bonds. The predicted octanol–water partition coefficient (Wildman–Crippen LogP) is 4.06. The van der Waals surface area contributed by atoms with E-state index in [4.69, 9.17) is 4.74 Å². The minimum atomic E-state index is -1.10. The van der Waals surface area contributed by atoms with Crippen molar-refractivity contribution in [1.29, 1.82) is 0 Å². The molecule has 0 aliphatic rings. The van der Waals surface area contributed by atoms with Gasteiger partial charge in [-0.2, -0.15) is 9.61 Å². The highest BCUT2D eigenvalue weighted by molar-refractivity contribution is 6.76. The van der Waals surface area contributed by atoms with Crippen molar-refractivity contribution in [3.8, 4) is 0 Å². The molecule has 0 saturated heterocycles. The zero-order valence-electron chi connectivity index (χ0n) is 16.1. The SMILES string of the molecule is CC(C)c1cc2n(COCC[Si](C)(C)C)cc(C(C)C)c(=O)n2n1. The van der Waals surface area contributed by atoms with Crippen molar-refractivity contribution in [3.05, 3.63) is 33.9 Å². The summed E-state index contributed by atoms with van der Waals surface area (Å²) in [5.74, 6) is 0.440.